The Labute approximate surface area is 120 Å². The number of halogens is 1. The van der Waals surface area contributed by atoms with Crippen LogP contribution in [0, 0.1) is 5.41 Å². The highest BCUT2D eigenvalue weighted by Crippen LogP contribution is 2.40. The topological polar surface area (TPSA) is 3.24 Å². The molecule has 0 unspecified atom stereocenters. The van der Waals surface area contributed by atoms with Crippen molar-refractivity contribution in [1.82, 2.24) is 4.90 Å². The molecule has 0 aliphatic carbocycles. The van der Waals surface area contributed by atoms with Crippen molar-refractivity contribution in [2.45, 2.75) is 45.4 Å². The van der Waals surface area contributed by atoms with Crippen LogP contribution in [0.5, 0.6) is 0 Å². The minimum absolute atomic E-state index is 0.596. The minimum Gasteiger partial charge on any atom is -0.303 e. The van der Waals surface area contributed by atoms with Crippen molar-refractivity contribution in [3.63, 3.8) is 0 Å². The first-order valence-electron chi connectivity index (χ1n) is 6.78. The van der Waals surface area contributed by atoms with Crippen LogP contribution in [0.15, 0.2) is 22.8 Å². The average molecular weight is 347 g/mol. The van der Waals surface area contributed by atoms with E-state index in [1.165, 1.54) is 55.3 Å². The van der Waals surface area contributed by atoms with E-state index >= 15 is 0 Å². The number of rotatable bonds is 7. The number of piperidine rings is 1. The van der Waals surface area contributed by atoms with Gasteiger partial charge in [-0.3, -0.25) is 0 Å². The molecule has 1 aliphatic heterocycles. The molecule has 1 heterocycles. The monoisotopic (exact) mass is 347 g/mol. The normalized spacial score (nSPS) is 20.1. The predicted octanol–water partition coefficient (Wildman–Crippen LogP) is 4.78. The molecule has 1 aliphatic rings. The van der Waals surface area contributed by atoms with Crippen molar-refractivity contribution < 1.29 is 0 Å². The van der Waals surface area contributed by atoms with Crippen molar-refractivity contribution in [3.05, 3.63) is 22.8 Å². The first-order chi connectivity index (χ1) is 8.12. The molecule has 0 atom stereocenters. The summed E-state index contributed by atoms with van der Waals surface area (Å²) in [5, 5.41) is 0. The van der Waals surface area contributed by atoms with Gasteiger partial charge in [0.2, 0.25) is 0 Å². The largest absolute Gasteiger partial charge is 0.303 e. The quantitative estimate of drug-likeness (QED) is 0.473. The van der Waals surface area contributed by atoms with Crippen LogP contribution < -0.4 is 0 Å². The maximum atomic E-state index is 4.03. The number of allylic oxidation sites excluding steroid dienone is 1. The Hall–Kier alpha value is 0.170. The lowest BCUT2D eigenvalue weighted by Crippen LogP contribution is -2.40. The van der Waals surface area contributed by atoms with Gasteiger partial charge in [0.1, 0.15) is 0 Å². The third-order valence-electron chi connectivity index (χ3n) is 4.24. The zero-order chi connectivity index (χ0) is 12.7. The molecular weight excluding hydrogens is 321 g/mol. The highest BCUT2D eigenvalue weighted by Gasteiger charge is 2.32. The van der Waals surface area contributed by atoms with Gasteiger partial charge in [0, 0.05) is 6.54 Å². The van der Waals surface area contributed by atoms with Crippen molar-refractivity contribution in [3.8, 4) is 0 Å². The average Bonchev–Trinajstić information content (AvgIpc) is 2.35. The zero-order valence-corrected chi connectivity index (χ0v) is 13.3. The summed E-state index contributed by atoms with van der Waals surface area (Å²) in [5.41, 5.74) is 0.596. The van der Waals surface area contributed by atoms with Gasteiger partial charge in [-0.15, -0.1) is 6.58 Å². The standard InChI is InChI=1S/C15H26IN/c1-4-6-11-17-12-9-15(5-2,10-13-17)8-7-14(3)16/h4H,1,3,5-13H2,2H3. The van der Waals surface area contributed by atoms with Gasteiger partial charge in [0.05, 0.1) is 0 Å². The maximum Gasteiger partial charge on any atom is 0.00158 e. The van der Waals surface area contributed by atoms with Crippen LogP contribution in [0.1, 0.15) is 45.4 Å². The Balaban J connectivity index is 2.39. The van der Waals surface area contributed by atoms with Crippen molar-refractivity contribution in [2.75, 3.05) is 19.6 Å². The van der Waals surface area contributed by atoms with Crippen LogP contribution in [0.4, 0.5) is 0 Å². The maximum absolute atomic E-state index is 4.03. The first-order valence-corrected chi connectivity index (χ1v) is 7.86. The molecule has 0 aromatic heterocycles. The van der Waals surface area contributed by atoms with Crippen LogP contribution >= 0.6 is 22.6 Å². The Morgan fingerprint density at radius 3 is 2.53 bits per heavy atom. The fourth-order valence-electron chi connectivity index (χ4n) is 2.71. The molecule has 0 aromatic carbocycles. The molecule has 0 spiro atoms. The van der Waals surface area contributed by atoms with Gasteiger partial charge in [-0.2, -0.15) is 0 Å². The molecule has 0 aromatic rings. The first kappa shape index (κ1) is 15.2. The summed E-state index contributed by atoms with van der Waals surface area (Å²) in [6.45, 7) is 13.9. The second-order valence-electron chi connectivity index (χ2n) is 5.29. The lowest BCUT2D eigenvalue weighted by atomic mass is 9.73. The summed E-state index contributed by atoms with van der Waals surface area (Å²) >= 11 is 2.37. The second-order valence-corrected chi connectivity index (χ2v) is 6.82. The molecule has 1 fully saturated rings. The number of hydrogen-bond donors (Lipinski definition) is 0. The van der Waals surface area contributed by atoms with Crippen LogP contribution in [-0.2, 0) is 0 Å². The number of nitrogens with zero attached hydrogens (tertiary/aromatic N) is 1. The van der Waals surface area contributed by atoms with E-state index in [0.29, 0.717) is 5.41 Å². The van der Waals surface area contributed by atoms with Gasteiger partial charge >= 0.3 is 0 Å². The van der Waals surface area contributed by atoms with E-state index in [4.69, 9.17) is 0 Å². The lowest BCUT2D eigenvalue weighted by Gasteiger charge is -2.41. The summed E-state index contributed by atoms with van der Waals surface area (Å²) in [5.74, 6) is 0. The molecule has 0 bridgehead atoms. The molecule has 1 nitrogen and oxygen atoms in total. The summed E-state index contributed by atoms with van der Waals surface area (Å²) in [6, 6.07) is 0. The Morgan fingerprint density at radius 1 is 1.41 bits per heavy atom. The van der Waals surface area contributed by atoms with Gasteiger partial charge in [-0.25, -0.2) is 0 Å². The molecule has 17 heavy (non-hydrogen) atoms. The Kier molecular flexibility index (Phi) is 6.78. The summed E-state index contributed by atoms with van der Waals surface area (Å²) in [6.07, 6.45) is 9.74. The molecule has 0 saturated carbocycles. The Morgan fingerprint density at radius 2 is 2.06 bits per heavy atom. The smallest absolute Gasteiger partial charge is 0.00158 e. The molecule has 1 saturated heterocycles. The van der Waals surface area contributed by atoms with Crippen molar-refractivity contribution >= 4 is 22.6 Å². The highest BCUT2D eigenvalue weighted by molar-refractivity contribution is 14.1. The SMILES string of the molecule is C=CCCN1CCC(CC)(CCC(=C)I)CC1. The van der Waals surface area contributed by atoms with Crippen LogP contribution in [0.3, 0.4) is 0 Å². The van der Waals surface area contributed by atoms with E-state index < -0.39 is 0 Å². The fourth-order valence-corrected chi connectivity index (χ4v) is 2.98. The summed E-state index contributed by atoms with van der Waals surface area (Å²) in [7, 11) is 0. The predicted molar refractivity (Wildman–Crippen MR) is 85.6 cm³/mol. The van der Waals surface area contributed by atoms with E-state index in [2.05, 4.69) is 47.6 Å². The molecule has 1 rings (SSSR count). The summed E-state index contributed by atoms with van der Waals surface area (Å²) in [4.78, 5) is 2.59. The van der Waals surface area contributed by atoms with E-state index in [9.17, 15) is 0 Å². The van der Waals surface area contributed by atoms with Crippen LogP contribution in [0.2, 0.25) is 0 Å². The second kappa shape index (κ2) is 7.57. The fraction of sp³-hybridized carbons (Fsp3) is 0.733. The zero-order valence-electron chi connectivity index (χ0n) is 11.2. The number of hydrogen-bond acceptors (Lipinski definition) is 1. The number of likely N-dealkylation sites (tertiary alicyclic amines) is 1. The third kappa shape index (κ3) is 5.12. The molecule has 0 radical (unpaired) electrons. The van der Waals surface area contributed by atoms with Gasteiger partial charge in [0.15, 0.2) is 0 Å². The van der Waals surface area contributed by atoms with Gasteiger partial charge in [-0.1, -0.05) is 26.0 Å². The van der Waals surface area contributed by atoms with Crippen molar-refractivity contribution in [2.24, 2.45) is 5.41 Å². The lowest BCUT2D eigenvalue weighted by molar-refractivity contribution is 0.0931. The minimum atomic E-state index is 0.596. The Bertz CT molecular complexity index is 252. The molecule has 2 heteroatoms. The molecule has 98 valence electrons. The van der Waals surface area contributed by atoms with Gasteiger partial charge in [-0.05, 0) is 76.8 Å². The van der Waals surface area contributed by atoms with E-state index in [1.54, 1.807) is 0 Å². The van der Waals surface area contributed by atoms with Crippen LogP contribution in [0.25, 0.3) is 0 Å². The van der Waals surface area contributed by atoms with Gasteiger partial charge in [0.25, 0.3) is 0 Å². The highest BCUT2D eigenvalue weighted by atomic mass is 127. The molecule has 0 amide bonds. The molecular formula is C15H26IN. The summed E-state index contributed by atoms with van der Waals surface area (Å²) < 4.78 is 1.31. The van der Waals surface area contributed by atoms with Gasteiger partial charge < -0.3 is 4.90 Å². The van der Waals surface area contributed by atoms with E-state index in [0.717, 1.165) is 6.42 Å². The van der Waals surface area contributed by atoms with E-state index in [-0.39, 0.29) is 0 Å². The third-order valence-corrected chi connectivity index (χ3v) is 4.78. The molecule has 0 N–H and O–H groups in total. The van der Waals surface area contributed by atoms with Crippen molar-refractivity contribution in [1.29, 1.82) is 0 Å². The van der Waals surface area contributed by atoms with E-state index in [1.807, 2.05) is 6.08 Å². The van der Waals surface area contributed by atoms with Crippen LogP contribution in [-0.4, -0.2) is 24.5 Å².